The van der Waals surface area contributed by atoms with E-state index in [0.29, 0.717) is 22.6 Å². The summed E-state index contributed by atoms with van der Waals surface area (Å²) in [7, 11) is 4.67. The van der Waals surface area contributed by atoms with Gasteiger partial charge in [-0.15, -0.1) is 0 Å². The molecular weight excluding hydrogens is 438 g/mol. The van der Waals surface area contributed by atoms with E-state index in [4.69, 9.17) is 17.0 Å². The molecule has 1 aromatic heterocycles. The summed E-state index contributed by atoms with van der Waals surface area (Å²) < 4.78 is 6.61. The van der Waals surface area contributed by atoms with Gasteiger partial charge < -0.3 is 19.3 Å². The van der Waals surface area contributed by atoms with Crippen LogP contribution in [-0.4, -0.2) is 40.9 Å². The minimum absolute atomic E-state index is 0.0458. The number of thiocarbonyl (C=S) groups is 1. The Morgan fingerprint density at radius 2 is 1.79 bits per heavy atom. The largest absolute Gasteiger partial charge is 0.505 e. The lowest BCUT2D eigenvalue weighted by Gasteiger charge is -2.33. The molecule has 33 heavy (non-hydrogen) atoms. The van der Waals surface area contributed by atoms with E-state index in [1.807, 2.05) is 54.6 Å². The second-order valence-electron chi connectivity index (χ2n) is 7.94. The number of aromatic nitrogens is 1. The fourth-order valence-electron chi connectivity index (χ4n) is 4.82. The van der Waals surface area contributed by atoms with Crippen molar-refractivity contribution >= 4 is 34.9 Å². The fourth-order valence-corrected chi connectivity index (χ4v) is 4.96. The molecule has 2 atom stereocenters. The van der Waals surface area contributed by atoms with Crippen LogP contribution in [0.25, 0.3) is 0 Å². The van der Waals surface area contributed by atoms with Gasteiger partial charge in [0.15, 0.2) is 11.3 Å². The zero-order chi connectivity index (χ0) is 23.9. The summed E-state index contributed by atoms with van der Waals surface area (Å²) in [4.78, 5) is 32.5. The average Bonchev–Trinajstić information content (AvgIpc) is 3.18. The molecule has 3 aromatic rings. The number of aromatic hydroxyl groups is 1. The SMILES string of the molecule is COC(=O)c1c(O)c([C@@H](c2ccccc2)[C@]2(N=C=S)C(=O)N(C)c3ccccc32)n(C)c1C. The number of benzene rings is 2. The maximum Gasteiger partial charge on any atom is 0.343 e. The van der Waals surface area contributed by atoms with Gasteiger partial charge in [-0.2, -0.15) is 0 Å². The highest BCUT2D eigenvalue weighted by Crippen LogP contribution is 2.55. The number of rotatable bonds is 5. The summed E-state index contributed by atoms with van der Waals surface area (Å²) >= 11 is 5.03. The lowest BCUT2D eigenvalue weighted by atomic mass is 9.73. The number of anilines is 1. The van der Waals surface area contributed by atoms with Crippen molar-refractivity contribution in [3.63, 3.8) is 0 Å². The van der Waals surface area contributed by atoms with Gasteiger partial charge in [0.25, 0.3) is 5.91 Å². The summed E-state index contributed by atoms with van der Waals surface area (Å²) in [5.41, 5.74) is 1.42. The van der Waals surface area contributed by atoms with Gasteiger partial charge in [0.1, 0.15) is 5.56 Å². The van der Waals surface area contributed by atoms with Crippen LogP contribution in [0.1, 0.15) is 38.8 Å². The molecule has 0 unspecified atom stereocenters. The highest BCUT2D eigenvalue weighted by atomic mass is 32.1. The zero-order valence-electron chi connectivity index (χ0n) is 18.7. The third-order valence-electron chi connectivity index (χ3n) is 6.45. The summed E-state index contributed by atoms with van der Waals surface area (Å²) in [5.74, 6) is -2.04. The number of methoxy groups -OCH3 is 1. The number of hydrogen-bond donors (Lipinski definition) is 1. The summed E-state index contributed by atoms with van der Waals surface area (Å²) in [6.45, 7) is 1.71. The molecule has 8 heteroatoms. The van der Waals surface area contributed by atoms with Crippen molar-refractivity contribution in [1.82, 2.24) is 4.57 Å². The highest BCUT2D eigenvalue weighted by molar-refractivity contribution is 7.78. The van der Waals surface area contributed by atoms with Crippen LogP contribution in [-0.2, 0) is 22.1 Å². The van der Waals surface area contributed by atoms with E-state index in [0.717, 1.165) is 5.56 Å². The Bertz CT molecular complexity index is 1310. The smallest absolute Gasteiger partial charge is 0.343 e. The average molecular weight is 462 g/mol. The Kier molecular flexibility index (Phi) is 5.66. The number of fused-ring (bicyclic) bond motifs is 1. The van der Waals surface area contributed by atoms with Crippen molar-refractivity contribution in [3.05, 3.63) is 82.7 Å². The minimum atomic E-state index is -1.53. The van der Waals surface area contributed by atoms with Crippen molar-refractivity contribution in [2.75, 3.05) is 19.1 Å². The number of amides is 1. The molecule has 0 radical (unpaired) electrons. The number of hydrogen-bond acceptors (Lipinski definition) is 6. The maximum atomic E-state index is 13.9. The third-order valence-corrected chi connectivity index (χ3v) is 6.54. The quantitative estimate of drug-likeness (QED) is 0.354. The van der Waals surface area contributed by atoms with E-state index in [2.05, 4.69) is 10.2 Å². The highest BCUT2D eigenvalue weighted by Gasteiger charge is 2.58. The van der Waals surface area contributed by atoms with E-state index in [1.165, 1.54) is 12.0 Å². The van der Waals surface area contributed by atoms with Gasteiger partial charge in [0.2, 0.25) is 0 Å². The van der Waals surface area contributed by atoms with Gasteiger partial charge in [0, 0.05) is 31.0 Å². The predicted molar refractivity (Wildman–Crippen MR) is 128 cm³/mol. The number of carbonyl (C=O) groups excluding carboxylic acids is 2. The van der Waals surface area contributed by atoms with Gasteiger partial charge in [-0.25, -0.2) is 9.79 Å². The number of aliphatic imine (C=N–C) groups is 1. The first-order valence-corrected chi connectivity index (χ1v) is 10.7. The molecule has 0 bridgehead atoms. The van der Waals surface area contributed by atoms with Crippen LogP contribution in [0.15, 0.2) is 59.6 Å². The molecule has 1 aliphatic heterocycles. The first kappa shape index (κ1) is 22.5. The number of para-hydroxylation sites is 1. The van der Waals surface area contributed by atoms with E-state index in [9.17, 15) is 14.7 Å². The minimum Gasteiger partial charge on any atom is -0.505 e. The number of carbonyl (C=O) groups is 2. The number of isothiocyanates is 1. The van der Waals surface area contributed by atoms with Crippen LogP contribution in [0.4, 0.5) is 5.69 Å². The predicted octanol–water partition coefficient (Wildman–Crippen LogP) is 3.93. The summed E-state index contributed by atoms with van der Waals surface area (Å²) in [5, 5.41) is 13.8. The van der Waals surface area contributed by atoms with E-state index in [-0.39, 0.29) is 17.2 Å². The van der Waals surface area contributed by atoms with Crippen molar-refractivity contribution in [1.29, 1.82) is 0 Å². The van der Waals surface area contributed by atoms with Crippen molar-refractivity contribution < 1.29 is 19.4 Å². The van der Waals surface area contributed by atoms with E-state index < -0.39 is 17.4 Å². The van der Waals surface area contributed by atoms with E-state index in [1.54, 1.807) is 25.6 Å². The number of likely N-dealkylation sites (N-methyl/N-ethyl adjacent to an activating group) is 1. The molecule has 1 aliphatic rings. The molecule has 0 fully saturated rings. The second-order valence-corrected chi connectivity index (χ2v) is 8.12. The molecule has 7 nitrogen and oxygen atoms in total. The third kappa shape index (κ3) is 3.10. The molecule has 4 rings (SSSR count). The molecule has 168 valence electrons. The lowest BCUT2D eigenvalue weighted by Crippen LogP contribution is -2.43. The molecule has 1 N–H and O–H groups in total. The monoisotopic (exact) mass is 461 g/mol. The molecule has 2 heterocycles. The molecule has 1 amide bonds. The summed E-state index contributed by atoms with van der Waals surface area (Å²) in [6, 6.07) is 16.6. The first-order valence-electron chi connectivity index (χ1n) is 10.3. The zero-order valence-corrected chi connectivity index (χ0v) is 19.5. The Balaban J connectivity index is 2.15. The maximum absolute atomic E-state index is 13.9. The Morgan fingerprint density at radius 3 is 2.42 bits per heavy atom. The number of nitrogens with zero attached hydrogens (tertiary/aromatic N) is 3. The van der Waals surface area contributed by atoms with Crippen molar-refractivity contribution in [2.24, 2.45) is 12.0 Å². The summed E-state index contributed by atoms with van der Waals surface area (Å²) in [6.07, 6.45) is 0. The van der Waals surface area contributed by atoms with Crippen LogP contribution in [0.2, 0.25) is 0 Å². The van der Waals surface area contributed by atoms with Crippen LogP contribution in [0.3, 0.4) is 0 Å². The van der Waals surface area contributed by atoms with Gasteiger partial charge in [-0.3, -0.25) is 4.79 Å². The van der Waals surface area contributed by atoms with Gasteiger partial charge >= 0.3 is 5.97 Å². The van der Waals surface area contributed by atoms with Gasteiger partial charge in [0.05, 0.1) is 23.9 Å². The van der Waals surface area contributed by atoms with Gasteiger partial charge in [-0.1, -0.05) is 48.5 Å². The molecular formula is C25H23N3O4S. The van der Waals surface area contributed by atoms with Crippen molar-refractivity contribution in [3.8, 4) is 5.75 Å². The standard InChI is InChI=1S/C25H23N3O4S/c1-15-19(23(30)32-4)22(29)21(27(15)2)20(16-10-6-5-7-11-16)25(26-14-33)17-12-8-9-13-18(17)28(3)24(25)31/h5-13,20,29H,1-4H3/t20-,25+/m1/s1. The normalized spacial score (nSPS) is 17.9. The molecule has 0 saturated carbocycles. The Morgan fingerprint density at radius 1 is 1.15 bits per heavy atom. The van der Waals surface area contributed by atoms with Crippen LogP contribution in [0, 0.1) is 6.92 Å². The molecule has 0 saturated heterocycles. The lowest BCUT2D eigenvalue weighted by molar-refractivity contribution is -0.123. The fraction of sp³-hybridized carbons (Fsp3) is 0.240. The topological polar surface area (TPSA) is 84.1 Å². The molecule has 2 aromatic carbocycles. The van der Waals surface area contributed by atoms with Crippen LogP contribution < -0.4 is 4.90 Å². The molecule has 0 spiro atoms. The van der Waals surface area contributed by atoms with Crippen LogP contribution >= 0.6 is 12.2 Å². The molecule has 0 aliphatic carbocycles. The van der Waals surface area contributed by atoms with E-state index >= 15 is 0 Å². The van der Waals surface area contributed by atoms with Crippen LogP contribution in [0.5, 0.6) is 5.75 Å². The number of ether oxygens (including phenoxy) is 1. The Hall–Kier alpha value is -3.74. The van der Waals surface area contributed by atoms with Gasteiger partial charge in [-0.05, 0) is 30.8 Å². The first-order chi connectivity index (χ1) is 15.8. The second kappa shape index (κ2) is 8.31. The van der Waals surface area contributed by atoms with Crippen molar-refractivity contribution in [2.45, 2.75) is 18.4 Å². The number of esters is 1. The Labute approximate surface area is 196 Å².